The lowest BCUT2D eigenvalue weighted by molar-refractivity contribution is 0.0702. The van der Waals surface area contributed by atoms with E-state index in [1.165, 1.54) is 5.56 Å². The molecular formula is C12H11NO2S. The van der Waals surface area contributed by atoms with Crippen LogP contribution < -0.4 is 0 Å². The number of benzene rings is 1. The Morgan fingerprint density at radius 2 is 2.06 bits per heavy atom. The first-order valence-electron chi connectivity index (χ1n) is 4.98. The summed E-state index contributed by atoms with van der Waals surface area (Å²) in [7, 11) is 0. The van der Waals surface area contributed by atoms with Crippen molar-refractivity contribution in [2.45, 2.75) is 13.3 Å². The Morgan fingerprint density at radius 1 is 1.38 bits per heavy atom. The first-order chi connectivity index (χ1) is 7.72. The molecule has 0 saturated heterocycles. The van der Waals surface area contributed by atoms with E-state index in [2.05, 4.69) is 11.9 Å². The van der Waals surface area contributed by atoms with E-state index < -0.39 is 5.97 Å². The zero-order valence-electron chi connectivity index (χ0n) is 8.80. The van der Waals surface area contributed by atoms with E-state index in [4.69, 9.17) is 5.11 Å². The van der Waals surface area contributed by atoms with Crippen molar-refractivity contribution in [1.82, 2.24) is 4.98 Å². The second kappa shape index (κ2) is 4.45. The van der Waals surface area contributed by atoms with Crippen LogP contribution in [0, 0.1) is 0 Å². The van der Waals surface area contributed by atoms with Crippen LogP contribution in [0.25, 0.3) is 11.3 Å². The van der Waals surface area contributed by atoms with Gasteiger partial charge in [-0.1, -0.05) is 31.2 Å². The Labute approximate surface area is 97.4 Å². The van der Waals surface area contributed by atoms with Gasteiger partial charge in [0.15, 0.2) is 0 Å². The van der Waals surface area contributed by atoms with Crippen molar-refractivity contribution in [3.05, 3.63) is 40.2 Å². The molecule has 0 saturated carbocycles. The molecule has 0 fully saturated rings. The van der Waals surface area contributed by atoms with Gasteiger partial charge in [-0.2, -0.15) is 0 Å². The number of aromatic carboxylic acids is 1. The fourth-order valence-corrected chi connectivity index (χ4v) is 2.15. The predicted molar refractivity (Wildman–Crippen MR) is 63.9 cm³/mol. The molecule has 0 atom stereocenters. The normalized spacial score (nSPS) is 10.3. The van der Waals surface area contributed by atoms with E-state index in [1.807, 2.05) is 24.3 Å². The number of nitrogens with zero attached hydrogens (tertiary/aromatic N) is 1. The maximum Gasteiger partial charge on any atom is 0.348 e. The maximum absolute atomic E-state index is 10.9. The zero-order chi connectivity index (χ0) is 11.5. The Hall–Kier alpha value is -1.68. The Bertz CT molecular complexity index is 502. The fourth-order valence-electron chi connectivity index (χ4n) is 1.50. The van der Waals surface area contributed by atoms with Gasteiger partial charge in [-0.05, 0) is 12.0 Å². The highest BCUT2D eigenvalue weighted by Gasteiger charge is 2.14. The summed E-state index contributed by atoms with van der Waals surface area (Å²) >= 11 is 1.15. The van der Waals surface area contributed by atoms with Crippen LogP contribution >= 0.6 is 11.3 Å². The van der Waals surface area contributed by atoms with Crippen molar-refractivity contribution >= 4 is 17.3 Å². The molecule has 0 aliphatic rings. The molecule has 2 rings (SSSR count). The minimum atomic E-state index is -0.919. The summed E-state index contributed by atoms with van der Waals surface area (Å²) in [6.07, 6.45) is 0.975. The number of hydrogen-bond acceptors (Lipinski definition) is 3. The van der Waals surface area contributed by atoms with Crippen LogP contribution in [0.2, 0.25) is 0 Å². The molecule has 0 spiro atoms. The highest BCUT2D eigenvalue weighted by atomic mass is 32.1. The van der Waals surface area contributed by atoms with Gasteiger partial charge in [-0.25, -0.2) is 9.78 Å². The molecule has 1 aromatic heterocycles. The molecule has 0 amide bonds. The first-order valence-corrected chi connectivity index (χ1v) is 5.86. The molecule has 0 bridgehead atoms. The molecular weight excluding hydrogens is 222 g/mol. The number of aryl methyl sites for hydroxylation is 1. The molecule has 1 N–H and O–H groups in total. The number of carboxylic acid groups (broad SMARTS) is 1. The first kappa shape index (κ1) is 10.8. The largest absolute Gasteiger partial charge is 0.477 e. The second-order valence-electron chi connectivity index (χ2n) is 3.39. The summed E-state index contributed by atoms with van der Waals surface area (Å²) in [6, 6.07) is 7.83. The number of rotatable bonds is 3. The van der Waals surface area contributed by atoms with Crippen LogP contribution in [0.1, 0.15) is 22.2 Å². The summed E-state index contributed by atoms with van der Waals surface area (Å²) in [5, 5.41) is 8.99. The Morgan fingerprint density at radius 3 is 2.62 bits per heavy atom. The molecule has 0 aliphatic heterocycles. The van der Waals surface area contributed by atoms with Crippen molar-refractivity contribution in [1.29, 1.82) is 0 Å². The quantitative estimate of drug-likeness (QED) is 0.886. The number of thiazole rings is 1. The van der Waals surface area contributed by atoms with Crippen molar-refractivity contribution in [2.24, 2.45) is 0 Å². The lowest BCUT2D eigenvalue weighted by Gasteiger charge is -2.00. The van der Waals surface area contributed by atoms with Gasteiger partial charge in [0.25, 0.3) is 0 Å². The number of carboxylic acids is 1. The minimum absolute atomic E-state index is 0.296. The molecule has 4 heteroatoms. The summed E-state index contributed by atoms with van der Waals surface area (Å²) in [6.45, 7) is 2.08. The third-order valence-electron chi connectivity index (χ3n) is 2.40. The molecule has 1 aromatic carbocycles. The van der Waals surface area contributed by atoms with Gasteiger partial charge in [0.1, 0.15) is 4.88 Å². The minimum Gasteiger partial charge on any atom is -0.477 e. The van der Waals surface area contributed by atoms with E-state index in [1.54, 1.807) is 5.51 Å². The van der Waals surface area contributed by atoms with Crippen LogP contribution in [0.15, 0.2) is 29.8 Å². The summed E-state index contributed by atoms with van der Waals surface area (Å²) in [5.74, 6) is -0.919. The monoisotopic (exact) mass is 233 g/mol. The van der Waals surface area contributed by atoms with Crippen LogP contribution in [0.4, 0.5) is 0 Å². The second-order valence-corrected chi connectivity index (χ2v) is 4.24. The predicted octanol–water partition coefficient (Wildman–Crippen LogP) is 3.07. The fraction of sp³-hybridized carbons (Fsp3) is 0.167. The van der Waals surface area contributed by atoms with E-state index in [0.717, 1.165) is 23.3 Å². The number of hydrogen-bond donors (Lipinski definition) is 1. The number of aromatic nitrogens is 1. The van der Waals surface area contributed by atoms with Crippen molar-refractivity contribution in [3.8, 4) is 11.3 Å². The van der Waals surface area contributed by atoms with Gasteiger partial charge in [-0.15, -0.1) is 11.3 Å². The zero-order valence-corrected chi connectivity index (χ0v) is 9.62. The molecule has 1 heterocycles. The summed E-state index contributed by atoms with van der Waals surface area (Å²) in [5.41, 5.74) is 4.21. The van der Waals surface area contributed by atoms with Crippen molar-refractivity contribution < 1.29 is 9.90 Å². The van der Waals surface area contributed by atoms with Gasteiger partial charge >= 0.3 is 5.97 Å². The van der Waals surface area contributed by atoms with E-state index in [-0.39, 0.29) is 0 Å². The third kappa shape index (κ3) is 1.97. The van der Waals surface area contributed by atoms with Crippen molar-refractivity contribution in [2.75, 3.05) is 0 Å². The average molecular weight is 233 g/mol. The lowest BCUT2D eigenvalue weighted by atomic mass is 10.1. The molecule has 82 valence electrons. The summed E-state index contributed by atoms with van der Waals surface area (Å²) < 4.78 is 0. The standard InChI is InChI=1S/C12H11NO2S/c1-2-8-3-5-9(6-4-8)10-11(12(14)15)16-7-13-10/h3-7H,2H2,1H3,(H,14,15). The molecule has 2 aromatic rings. The van der Waals surface area contributed by atoms with E-state index >= 15 is 0 Å². The van der Waals surface area contributed by atoms with Crippen molar-refractivity contribution in [3.63, 3.8) is 0 Å². The Balaban J connectivity index is 2.42. The maximum atomic E-state index is 10.9. The van der Waals surface area contributed by atoms with Crippen LogP contribution in [0.5, 0.6) is 0 Å². The van der Waals surface area contributed by atoms with E-state index in [0.29, 0.717) is 10.6 Å². The van der Waals surface area contributed by atoms with Gasteiger partial charge in [-0.3, -0.25) is 0 Å². The average Bonchev–Trinajstić information content (AvgIpc) is 2.78. The molecule has 0 unspecified atom stereocenters. The third-order valence-corrected chi connectivity index (χ3v) is 3.21. The molecule has 0 radical (unpaired) electrons. The van der Waals surface area contributed by atoms with Gasteiger partial charge in [0.05, 0.1) is 11.2 Å². The van der Waals surface area contributed by atoms with Crippen LogP contribution in [0.3, 0.4) is 0 Å². The number of carbonyl (C=O) groups is 1. The van der Waals surface area contributed by atoms with Gasteiger partial charge in [0.2, 0.25) is 0 Å². The topological polar surface area (TPSA) is 50.2 Å². The van der Waals surface area contributed by atoms with Crippen LogP contribution in [-0.4, -0.2) is 16.1 Å². The molecule has 0 aliphatic carbocycles. The smallest absolute Gasteiger partial charge is 0.348 e. The Kier molecular flexibility index (Phi) is 3.01. The molecule has 16 heavy (non-hydrogen) atoms. The van der Waals surface area contributed by atoms with Gasteiger partial charge < -0.3 is 5.11 Å². The molecule has 3 nitrogen and oxygen atoms in total. The SMILES string of the molecule is CCc1ccc(-c2ncsc2C(=O)O)cc1. The highest BCUT2D eigenvalue weighted by Crippen LogP contribution is 2.25. The lowest BCUT2D eigenvalue weighted by Crippen LogP contribution is -1.95. The van der Waals surface area contributed by atoms with Gasteiger partial charge in [0, 0.05) is 5.56 Å². The summed E-state index contributed by atoms with van der Waals surface area (Å²) in [4.78, 5) is 15.3. The highest BCUT2D eigenvalue weighted by molar-refractivity contribution is 7.12. The van der Waals surface area contributed by atoms with Crippen LogP contribution in [-0.2, 0) is 6.42 Å². The van der Waals surface area contributed by atoms with E-state index in [9.17, 15) is 4.79 Å².